The Kier molecular flexibility index (Phi) is 7.95. The monoisotopic (exact) mass is 473 g/mol. The molecule has 188 valence electrons. The van der Waals surface area contributed by atoms with Crippen molar-refractivity contribution in [1.29, 1.82) is 0 Å². The van der Waals surface area contributed by atoms with E-state index in [0.29, 0.717) is 17.8 Å². The second kappa shape index (κ2) is 10.9. The molecular weight excluding hydrogens is 430 g/mol. The number of nitrogens with one attached hydrogen (secondary N) is 2. The molecule has 1 fully saturated rings. The van der Waals surface area contributed by atoms with E-state index in [4.69, 9.17) is 0 Å². The highest BCUT2D eigenvalue weighted by atomic mass is 15.2. The van der Waals surface area contributed by atoms with Crippen molar-refractivity contribution in [2.24, 2.45) is 10.9 Å². The molecule has 0 saturated carbocycles. The summed E-state index contributed by atoms with van der Waals surface area (Å²) >= 11 is 0. The molecule has 0 amide bonds. The van der Waals surface area contributed by atoms with Crippen LogP contribution in [-0.4, -0.2) is 53.9 Å². The number of fused-ring (bicyclic) bond motifs is 1. The number of nitrogens with zero attached hydrogens (tertiary/aromatic N) is 3. The molecule has 1 aromatic carbocycles. The average Bonchev–Trinajstić information content (AvgIpc) is 3.20. The Bertz CT molecular complexity index is 1160. The second-order valence-electron chi connectivity index (χ2n) is 11.0. The maximum atomic E-state index is 4.58. The van der Waals surface area contributed by atoms with E-state index in [-0.39, 0.29) is 0 Å². The fourth-order valence-electron chi connectivity index (χ4n) is 5.45. The number of hydrogen-bond acceptors (Lipinski definition) is 3. The molecule has 5 nitrogen and oxygen atoms in total. The summed E-state index contributed by atoms with van der Waals surface area (Å²) in [6.07, 6.45) is 2.40. The molecule has 0 atom stereocenters. The van der Waals surface area contributed by atoms with Crippen molar-refractivity contribution >= 4 is 16.7 Å². The van der Waals surface area contributed by atoms with Crippen LogP contribution in [0.5, 0.6) is 0 Å². The molecule has 0 radical (unpaired) electrons. The lowest BCUT2D eigenvalue weighted by Crippen LogP contribution is -2.42. The van der Waals surface area contributed by atoms with Crippen LogP contribution in [0.4, 0.5) is 0 Å². The van der Waals surface area contributed by atoms with Crippen LogP contribution in [0.3, 0.4) is 0 Å². The largest absolute Gasteiger partial charge is 0.373 e. The van der Waals surface area contributed by atoms with Crippen molar-refractivity contribution in [2.45, 2.75) is 66.2 Å². The van der Waals surface area contributed by atoms with Crippen molar-refractivity contribution < 1.29 is 0 Å². The first-order valence-electron chi connectivity index (χ1n) is 13.3. The smallest absolute Gasteiger partial charge is 0.110 e. The zero-order valence-corrected chi connectivity index (χ0v) is 22.7. The summed E-state index contributed by atoms with van der Waals surface area (Å²) in [4.78, 5) is 15.4. The Morgan fingerprint density at radius 2 is 1.77 bits per heavy atom. The van der Waals surface area contributed by atoms with Gasteiger partial charge in [-0.05, 0) is 92.9 Å². The van der Waals surface area contributed by atoms with Crippen molar-refractivity contribution in [3.05, 3.63) is 52.8 Å². The van der Waals surface area contributed by atoms with Gasteiger partial charge in [-0.25, -0.2) is 0 Å². The zero-order chi connectivity index (χ0) is 25.1. The number of piperidine rings is 1. The summed E-state index contributed by atoms with van der Waals surface area (Å²) in [7, 11) is 1.90. The average molecular weight is 474 g/mol. The van der Waals surface area contributed by atoms with Crippen molar-refractivity contribution in [3.8, 4) is 11.3 Å². The predicted octanol–water partition coefficient (Wildman–Crippen LogP) is 6.42. The summed E-state index contributed by atoms with van der Waals surface area (Å²) < 4.78 is 0. The van der Waals surface area contributed by atoms with Crippen molar-refractivity contribution in [2.75, 3.05) is 33.2 Å². The van der Waals surface area contributed by atoms with E-state index in [1.807, 2.05) is 7.05 Å². The number of aliphatic imine (C=N–C) groups is 1. The van der Waals surface area contributed by atoms with E-state index < -0.39 is 0 Å². The third-order valence-electron chi connectivity index (χ3n) is 7.23. The molecule has 0 spiro atoms. The van der Waals surface area contributed by atoms with E-state index in [1.54, 1.807) is 0 Å². The maximum Gasteiger partial charge on any atom is 0.110 e. The lowest BCUT2D eigenvalue weighted by molar-refractivity contribution is 0.237. The van der Waals surface area contributed by atoms with Gasteiger partial charge in [0.2, 0.25) is 0 Å². The quantitative estimate of drug-likeness (QED) is 0.307. The number of benzene rings is 1. The van der Waals surface area contributed by atoms with Gasteiger partial charge in [0.1, 0.15) is 5.84 Å². The van der Waals surface area contributed by atoms with Gasteiger partial charge >= 0.3 is 0 Å². The zero-order valence-electron chi connectivity index (χ0n) is 22.7. The van der Waals surface area contributed by atoms with Gasteiger partial charge in [0.15, 0.2) is 0 Å². The minimum absolute atomic E-state index is 0.440. The lowest BCUT2D eigenvalue weighted by Gasteiger charge is -2.32. The van der Waals surface area contributed by atoms with Gasteiger partial charge < -0.3 is 10.3 Å². The van der Waals surface area contributed by atoms with E-state index in [0.717, 1.165) is 43.4 Å². The summed E-state index contributed by atoms with van der Waals surface area (Å²) in [5, 5.41) is 4.89. The van der Waals surface area contributed by atoms with Crippen LogP contribution >= 0.6 is 0 Å². The lowest BCUT2D eigenvalue weighted by atomic mass is 9.87. The Morgan fingerprint density at radius 3 is 2.37 bits per heavy atom. The molecule has 35 heavy (non-hydrogen) atoms. The van der Waals surface area contributed by atoms with E-state index >= 15 is 0 Å². The molecule has 3 heterocycles. The Balaban J connectivity index is 1.53. The first-order valence-corrected chi connectivity index (χ1v) is 13.3. The number of aryl methyl sites for hydroxylation is 2. The highest BCUT2D eigenvalue weighted by Gasteiger charge is 2.23. The van der Waals surface area contributed by atoms with Crippen molar-refractivity contribution in [1.82, 2.24) is 20.2 Å². The second-order valence-corrected chi connectivity index (χ2v) is 11.0. The summed E-state index contributed by atoms with van der Waals surface area (Å²) in [6, 6.07) is 11.5. The minimum atomic E-state index is 0.440. The fourth-order valence-corrected chi connectivity index (χ4v) is 5.45. The van der Waals surface area contributed by atoms with Crippen LogP contribution in [-0.2, 0) is 0 Å². The third-order valence-corrected chi connectivity index (χ3v) is 7.23. The number of aromatic amines is 1. The van der Waals surface area contributed by atoms with Crippen molar-refractivity contribution in [3.63, 3.8) is 0 Å². The van der Waals surface area contributed by atoms with Crippen LogP contribution in [0, 0.1) is 19.8 Å². The summed E-state index contributed by atoms with van der Waals surface area (Å²) in [6.45, 7) is 17.4. The van der Waals surface area contributed by atoms with Crippen LogP contribution in [0.15, 0.2) is 35.3 Å². The van der Waals surface area contributed by atoms with E-state index in [1.165, 1.54) is 46.1 Å². The third kappa shape index (κ3) is 5.95. The molecule has 0 aliphatic carbocycles. The molecular formula is C30H43N5. The van der Waals surface area contributed by atoms with Gasteiger partial charge in [-0.1, -0.05) is 33.8 Å². The number of hydrogen-bond donors (Lipinski definition) is 2. The van der Waals surface area contributed by atoms with E-state index in [9.17, 15) is 0 Å². The fraction of sp³-hybridized carbons (Fsp3) is 0.533. The highest BCUT2D eigenvalue weighted by molar-refractivity contribution is 5.92. The Hall–Kier alpha value is -2.66. The minimum Gasteiger partial charge on any atom is -0.373 e. The van der Waals surface area contributed by atoms with Crippen LogP contribution < -0.4 is 5.32 Å². The van der Waals surface area contributed by atoms with Gasteiger partial charge in [-0.2, -0.15) is 0 Å². The summed E-state index contributed by atoms with van der Waals surface area (Å²) in [5.41, 5.74) is 8.75. The summed E-state index contributed by atoms with van der Waals surface area (Å²) in [5.74, 6) is 2.80. The predicted molar refractivity (Wildman–Crippen MR) is 150 cm³/mol. The van der Waals surface area contributed by atoms with Crippen LogP contribution in [0.2, 0.25) is 0 Å². The Morgan fingerprint density at radius 1 is 1.09 bits per heavy atom. The standard InChI is InChI=1S/C30H43N5/c1-19(2)17-32-28(31-7)18-35-12-10-23(11-13-35)24-8-9-27-26(16-24)29(20(3)4)30(34-27)25-14-21(5)33-22(6)15-25/h8-9,14-16,19-20,23,34H,10-13,17-18H2,1-7H3,(H,31,32). The number of likely N-dealkylation sites (tertiary alicyclic amines) is 1. The Labute approximate surface area is 211 Å². The molecule has 2 N–H and O–H groups in total. The SMILES string of the molecule is CN=C(CN1CCC(c2ccc3[nH]c(-c4cc(C)nc(C)c4)c(C(C)C)c3c2)CC1)NCC(C)C. The van der Waals surface area contributed by atoms with Gasteiger partial charge in [-0.3, -0.25) is 14.9 Å². The number of H-pyrrole nitrogens is 1. The molecule has 4 rings (SSSR count). The number of amidine groups is 1. The van der Waals surface area contributed by atoms with Gasteiger partial charge in [0, 0.05) is 41.4 Å². The van der Waals surface area contributed by atoms with E-state index in [2.05, 4.69) is 97.1 Å². The molecule has 3 aromatic rings. The molecule has 0 unspecified atom stereocenters. The first kappa shape index (κ1) is 25.4. The number of pyridine rings is 1. The van der Waals surface area contributed by atoms with Gasteiger partial charge in [0.25, 0.3) is 0 Å². The molecule has 1 saturated heterocycles. The van der Waals surface area contributed by atoms with Gasteiger partial charge in [-0.15, -0.1) is 0 Å². The number of rotatable bonds is 7. The molecule has 0 bridgehead atoms. The normalized spacial score (nSPS) is 16.1. The number of aromatic nitrogens is 2. The molecule has 2 aromatic heterocycles. The molecule has 1 aliphatic heterocycles. The molecule has 1 aliphatic rings. The first-order chi connectivity index (χ1) is 16.7. The highest BCUT2D eigenvalue weighted by Crippen LogP contribution is 2.38. The topological polar surface area (TPSA) is 56.3 Å². The maximum absolute atomic E-state index is 4.58. The van der Waals surface area contributed by atoms with Crippen LogP contribution in [0.25, 0.3) is 22.2 Å². The van der Waals surface area contributed by atoms with Crippen LogP contribution in [0.1, 0.15) is 74.9 Å². The van der Waals surface area contributed by atoms with Gasteiger partial charge in [0.05, 0.1) is 12.2 Å². The molecule has 5 heteroatoms.